The van der Waals surface area contributed by atoms with Crippen molar-refractivity contribution in [1.82, 2.24) is 0 Å². The predicted octanol–water partition coefficient (Wildman–Crippen LogP) is 3.55. The molecule has 0 unspecified atom stereocenters. The van der Waals surface area contributed by atoms with Crippen molar-refractivity contribution in [2.45, 2.75) is 20.0 Å². The molecule has 0 spiro atoms. The fraction of sp³-hybridized carbons (Fsp3) is 0.400. The van der Waals surface area contributed by atoms with Crippen LogP contribution in [0.4, 0.5) is 17.6 Å². The monoisotopic (exact) mass is 222 g/mol. The van der Waals surface area contributed by atoms with Crippen LogP contribution in [0.25, 0.3) is 0 Å². The summed E-state index contributed by atoms with van der Waals surface area (Å²) in [6, 6.07) is 1.43. The van der Waals surface area contributed by atoms with E-state index in [0.717, 1.165) is 6.07 Å². The second kappa shape index (κ2) is 4.08. The van der Waals surface area contributed by atoms with E-state index in [9.17, 15) is 17.6 Å². The first-order valence-corrected chi connectivity index (χ1v) is 4.36. The third-order valence-corrected chi connectivity index (χ3v) is 1.85. The Balaban J connectivity index is 3.23. The van der Waals surface area contributed by atoms with Gasteiger partial charge in [0.25, 0.3) is 0 Å². The molecule has 1 aromatic carbocycles. The first kappa shape index (κ1) is 11.8. The van der Waals surface area contributed by atoms with Crippen LogP contribution in [0.3, 0.4) is 0 Å². The molecule has 0 aliphatic carbocycles. The fourth-order valence-electron chi connectivity index (χ4n) is 1.16. The molecule has 1 rings (SSSR count). The Morgan fingerprint density at radius 3 is 2.33 bits per heavy atom. The van der Waals surface area contributed by atoms with Gasteiger partial charge >= 0.3 is 6.18 Å². The summed E-state index contributed by atoms with van der Waals surface area (Å²) in [5, 5.41) is 0. The molecule has 15 heavy (non-hydrogen) atoms. The standard InChI is InChI=1S/C10H10F4O/c1-3-15-8-5-7(10(12,13)14)4-6(2)9(8)11/h4-5H,3H2,1-2H3. The van der Waals surface area contributed by atoms with Crippen LogP contribution in [0.15, 0.2) is 12.1 Å². The summed E-state index contributed by atoms with van der Waals surface area (Å²) in [7, 11) is 0. The summed E-state index contributed by atoms with van der Waals surface area (Å²) < 4.78 is 55.1. The minimum absolute atomic E-state index is 0.0757. The summed E-state index contributed by atoms with van der Waals surface area (Å²) in [6.07, 6.45) is -4.48. The maximum absolute atomic E-state index is 13.3. The lowest BCUT2D eigenvalue weighted by Gasteiger charge is -2.12. The van der Waals surface area contributed by atoms with Crippen molar-refractivity contribution < 1.29 is 22.3 Å². The largest absolute Gasteiger partial charge is 0.491 e. The van der Waals surface area contributed by atoms with Gasteiger partial charge in [0.05, 0.1) is 12.2 Å². The van der Waals surface area contributed by atoms with Gasteiger partial charge in [-0.1, -0.05) is 0 Å². The van der Waals surface area contributed by atoms with E-state index in [1.165, 1.54) is 6.92 Å². The number of hydrogen-bond acceptors (Lipinski definition) is 1. The van der Waals surface area contributed by atoms with Crippen LogP contribution in [0.2, 0.25) is 0 Å². The molecule has 0 aliphatic heterocycles. The van der Waals surface area contributed by atoms with Crippen molar-refractivity contribution in [1.29, 1.82) is 0 Å². The molecule has 0 saturated carbocycles. The molecule has 0 radical (unpaired) electrons. The average Bonchev–Trinajstić information content (AvgIpc) is 2.11. The van der Waals surface area contributed by atoms with Gasteiger partial charge in [0.2, 0.25) is 0 Å². The summed E-state index contributed by atoms with van der Waals surface area (Å²) in [5.74, 6) is -1.10. The number of benzene rings is 1. The molecule has 0 aliphatic rings. The van der Waals surface area contributed by atoms with Gasteiger partial charge in [-0.3, -0.25) is 0 Å². The zero-order valence-electron chi connectivity index (χ0n) is 8.28. The topological polar surface area (TPSA) is 9.23 Å². The molecule has 5 heteroatoms. The number of halogens is 4. The summed E-state index contributed by atoms with van der Waals surface area (Å²) in [6.45, 7) is 2.97. The van der Waals surface area contributed by atoms with E-state index in [-0.39, 0.29) is 17.9 Å². The van der Waals surface area contributed by atoms with E-state index < -0.39 is 17.6 Å². The van der Waals surface area contributed by atoms with Crippen molar-refractivity contribution in [3.05, 3.63) is 29.1 Å². The maximum Gasteiger partial charge on any atom is 0.416 e. The van der Waals surface area contributed by atoms with Crippen LogP contribution in [0.5, 0.6) is 5.75 Å². The summed E-state index contributed by atoms with van der Waals surface area (Å²) in [5.41, 5.74) is -0.974. The van der Waals surface area contributed by atoms with E-state index in [1.54, 1.807) is 6.92 Å². The molecular formula is C10H10F4O. The minimum atomic E-state index is -4.48. The Bertz CT molecular complexity index is 357. The normalized spacial score (nSPS) is 11.6. The molecule has 0 aromatic heterocycles. The van der Waals surface area contributed by atoms with Crippen LogP contribution >= 0.6 is 0 Å². The smallest absolute Gasteiger partial charge is 0.416 e. The van der Waals surface area contributed by atoms with E-state index >= 15 is 0 Å². The second-order valence-corrected chi connectivity index (χ2v) is 3.04. The van der Waals surface area contributed by atoms with Crippen LogP contribution in [0.1, 0.15) is 18.1 Å². The van der Waals surface area contributed by atoms with Gasteiger partial charge in [0.15, 0.2) is 11.6 Å². The molecule has 1 aromatic rings. The van der Waals surface area contributed by atoms with Crippen molar-refractivity contribution in [2.24, 2.45) is 0 Å². The number of rotatable bonds is 2. The van der Waals surface area contributed by atoms with Crippen LogP contribution in [-0.2, 0) is 6.18 Å². The highest BCUT2D eigenvalue weighted by atomic mass is 19.4. The SMILES string of the molecule is CCOc1cc(C(F)(F)F)cc(C)c1F. The lowest BCUT2D eigenvalue weighted by atomic mass is 10.1. The third kappa shape index (κ3) is 2.61. The molecule has 0 saturated heterocycles. The first-order valence-electron chi connectivity index (χ1n) is 4.36. The molecular weight excluding hydrogens is 212 g/mol. The van der Waals surface area contributed by atoms with Crippen molar-refractivity contribution in [3.8, 4) is 5.75 Å². The maximum atomic E-state index is 13.3. The quantitative estimate of drug-likeness (QED) is 0.695. The Hall–Kier alpha value is -1.26. The average molecular weight is 222 g/mol. The lowest BCUT2D eigenvalue weighted by molar-refractivity contribution is -0.137. The predicted molar refractivity (Wildman–Crippen MR) is 47.3 cm³/mol. The lowest BCUT2D eigenvalue weighted by Crippen LogP contribution is -2.07. The van der Waals surface area contributed by atoms with Gasteiger partial charge in [0, 0.05) is 0 Å². The van der Waals surface area contributed by atoms with Crippen molar-refractivity contribution >= 4 is 0 Å². The first-order chi connectivity index (χ1) is 6.86. The van der Waals surface area contributed by atoms with Crippen molar-refractivity contribution in [3.63, 3.8) is 0 Å². The molecule has 84 valence electrons. The van der Waals surface area contributed by atoms with Gasteiger partial charge in [-0.15, -0.1) is 0 Å². The fourth-order valence-corrected chi connectivity index (χ4v) is 1.16. The van der Waals surface area contributed by atoms with E-state index in [0.29, 0.717) is 6.07 Å². The van der Waals surface area contributed by atoms with Crippen molar-refractivity contribution in [2.75, 3.05) is 6.61 Å². The molecule has 0 bridgehead atoms. The van der Waals surface area contributed by atoms with Crippen LogP contribution in [0, 0.1) is 12.7 Å². The Morgan fingerprint density at radius 2 is 1.87 bits per heavy atom. The minimum Gasteiger partial charge on any atom is -0.491 e. The molecule has 1 nitrogen and oxygen atoms in total. The highest BCUT2D eigenvalue weighted by molar-refractivity contribution is 5.37. The zero-order valence-corrected chi connectivity index (χ0v) is 8.28. The van der Waals surface area contributed by atoms with E-state index in [4.69, 9.17) is 4.74 Å². The van der Waals surface area contributed by atoms with Gasteiger partial charge in [-0.25, -0.2) is 4.39 Å². The number of hydrogen-bond donors (Lipinski definition) is 0. The molecule has 0 N–H and O–H groups in total. The zero-order chi connectivity index (χ0) is 11.6. The molecule has 0 amide bonds. The molecule has 0 fully saturated rings. The van der Waals surface area contributed by atoms with E-state index in [2.05, 4.69) is 0 Å². The van der Waals surface area contributed by atoms with Gasteiger partial charge in [-0.2, -0.15) is 13.2 Å². The van der Waals surface area contributed by atoms with Crippen LogP contribution in [-0.4, -0.2) is 6.61 Å². The highest BCUT2D eigenvalue weighted by Crippen LogP contribution is 2.34. The number of aryl methyl sites for hydroxylation is 1. The Labute approximate surface area is 84.7 Å². The number of ether oxygens (including phenoxy) is 1. The van der Waals surface area contributed by atoms with Gasteiger partial charge in [0.1, 0.15) is 0 Å². The third-order valence-electron chi connectivity index (χ3n) is 1.85. The molecule has 0 atom stereocenters. The summed E-state index contributed by atoms with van der Waals surface area (Å²) in [4.78, 5) is 0. The van der Waals surface area contributed by atoms with Gasteiger partial charge in [-0.05, 0) is 31.5 Å². The highest BCUT2D eigenvalue weighted by Gasteiger charge is 2.32. The van der Waals surface area contributed by atoms with E-state index in [1.807, 2.05) is 0 Å². The number of alkyl halides is 3. The second-order valence-electron chi connectivity index (χ2n) is 3.04. The summed E-state index contributed by atoms with van der Waals surface area (Å²) >= 11 is 0. The van der Waals surface area contributed by atoms with Gasteiger partial charge < -0.3 is 4.74 Å². The van der Waals surface area contributed by atoms with Crippen LogP contribution < -0.4 is 4.74 Å². The molecule has 0 heterocycles. The Morgan fingerprint density at radius 1 is 1.27 bits per heavy atom. The Kier molecular flexibility index (Phi) is 3.21.